The molecule has 0 spiro atoms. The Bertz CT molecular complexity index is 1380. The fourth-order valence-electron chi connectivity index (χ4n) is 7.93. The van der Waals surface area contributed by atoms with Crippen LogP contribution in [-0.4, -0.2) is 32.6 Å². The molecule has 0 saturated heterocycles. The van der Waals surface area contributed by atoms with Gasteiger partial charge in [-0.3, -0.25) is 9.59 Å². The number of nitrogens with one attached hydrogen (secondary N) is 2. The van der Waals surface area contributed by atoms with Gasteiger partial charge in [-0.05, 0) is 106 Å². The zero-order valence-corrected chi connectivity index (χ0v) is 23.0. The molecule has 4 aliphatic carbocycles. The van der Waals surface area contributed by atoms with Crippen LogP contribution in [0.1, 0.15) is 77.0 Å². The predicted octanol–water partition coefficient (Wildman–Crippen LogP) is 6.37. The molecule has 0 aliphatic heterocycles. The molecule has 4 fully saturated rings. The molecule has 3 N–H and O–H groups in total. The van der Waals surface area contributed by atoms with Gasteiger partial charge in [-0.25, -0.2) is 4.98 Å². The number of carboxylic acids is 1. The molecule has 1 amide bonds. The Morgan fingerprint density at radius 1 is 1.03 bits per heavy atom. The highest BCUT2D eigenvalue weighted by atomic mass is 16.5. The summed E-state index contributed by atoms with van der Waals surface area (Å²) < 4.78 is 6.74. The SMILES string of the molecule is Cc1cc(C)c(-c2nc(C(=O)Nc3cccc(CC(=O)O)c3)c(COC34CC5CC(CC(C5)C3)C4)[nH]2)c(C)c1. The summed E-state index contributed by atoms with van der Waals surface area (Å²) in [6.07, 6.45) is 7.29. The highest BCUT2D eigenvalue weighted by molar-refractivity contribution is 6.04. The minimum absolute atomic E-state index is 0.0887. The van der Waals surface area contributed by atoms with Gasteiger partial charge in [0.2, 0.25) is 0 Å². The third kappa shape index (κ3) is 5.24. The van der Waals surface area contributed by atoms with E-state index in [9.17, 15) is 9.59 Å². The van der Waals surface area contributed by atoms with Crippen molar-refractivity contribution in [3.05, 3.63) is 70.0 Å². The van der Waals surface area contributed by atoms with Gasteiger partial charge in [-0.1, -0.05) is 29.8 Å². The van der Waals surface area contributed by atoms with Crippen molar-refractivity contribution in [2.24, 2.45) is 17.8 Å². The number of hydrogen-bond donors (Lipinski definition) is 3. The number of carbonyl (C=O) groups is 2. The number of hydrogen-bond acceptors (Lipinski definition) is 4. The Morgan fingerprint density at radius 2 is 1.67 bits per heavy atom. The zero-order valence-electron chi connectivity index (χ0n) is 23.0. The van der Waals surface area contributed by atoms with E-state index in [-0.39, 0.29) is 17.9 Å². The van der Waals surface area contributed by atoms with Gasteiger partial charge >= 0.3 is 5.97 Å². The number of benzene rings is 2. The van der Waals surface area contributed by atoms with Crippen LogP contribution in [0.25, 0.3) is 11.4 Å². The number of carbonyl (C=O) groups excluding carboxylic acids is 1. The monoisotopic (exact) mass is 527 g/mol. The van der Waals surface area contributed by atoms with Crippen LogP contribution >= 0.6 is 0 Å². The van der Waals surface area contributed by atoms with Gasteiger partial charge < -0.3 is 20.1 Å². The van der Waals surface area contributed by atoms with Crippen molar-refractivity contribution in [3.63, 3.8) is 0 Å². The Morgan fingerprint density at radius 3 is 2.28 bits per heavy atom. The van der Waals surface area contributed by atoms with Gasteiger partial charge in [0, 0.05) is 11.3 Å². The Hall–Kier alpha value is -3.45. The van der Waals surface area contributed by atoms with Crippen LogP contribution in [0.2, 0.25) is 0 Å². The van der Waals surface area contributed by atoms with Crippen molar-refractivity contribution >= 4 is 17.6 Å². The lowest BCUT2D eigenvalue weighted by molar-refractivity contribution is -0.169. The summed E-state index contributed by atoms with van der Waals surface area (Å²) in [5, 5.41) is 12.1. The molecule has 204 valence electrons. The van der Waals surface area contributed by atoms with Crippen molar-refractivity contribution in [1.29, 1.82) is 0 Å². The van der Waals surface area contributed by atoms with E-state index in [1.807, 2.05) is 0 Å². The maximum absolute atomic E-state index is 13.6. The number of amides is 1. The molecule has 3 aromatic rings. The number of aryl methyl sites for hydroxylation is 3. The average molecular weight is 528 g/mol. The van der Waals surface area contributed by atoms with Gasteiger partial charge in [0.1, 0.15) is 5.82 Å². The molecule has 4 aliphatic rings. The summed E-state index contributed by atoms with van der Waals surface area (Å²) in [5.41, 5.74) is 6.46. The lowest BCUT2D eigenvalue weighted by atomic mass is 9.54. The van der Waals surface area contributed by atoms with Crippen molar-refractivity contribution in [2.45, 2.75) is 77.9 Å². The summed E-state index contributed by atoms with van der Waals surface area (Å²) >= 11 is 0. The molecule has 7 rings (SSSR count). The molecule has 7 nitrogen and oxygen atoms in total. The largest absolute Gasteiger partial charge is 0.481 e. The van der Waals surface area contributed by atoms with E-state index in [1.165, 1.54) is 24.8 Å². The second-order valence-electron chi connectivity index (χ2n) is 12.3. The first-order valence-corrected chi connectivity index (χ1v) is 14.1. The predicted molar refractivity (Wildman–Crippen MR) is 150 cm³/mol. The van der Waals surface area contributed by atoms with E-state index in [0.29, 0.717) is 35.1 Å². The average Bonchev–Trinajstić information content (AvgIpc) is 3.25. The smallest absolute Gasteiger partial charge is 0.307 e. The number of aliphatic carboxylic acids is 1. The second-order valence-corrected chi connectivity index (χ2v) is 12.3. The lowest BCUT2D eigenvalue weighted by Crippen LogP contribution is -2.51. The highest BCUT2D eigenvalue weighted by Crippen LogP contribution is 2.57. The number of carboxylic acid groups (broad SMARTS) is 1. The number of imidazole rings is 1. The van der Waals surface area contributed by atoms with Crippen molar-refractivity contribution in [1.82, 2.24) is 9.97 Å². The molecule has 1 heterocycles. The fraction of sp³-hybridized carbons (Fsp3) is 0.469. The van der Waals surface area contributed by atoms with Crippen LogP contribution in [0.5, 0.6) is 0 Å². The molecular weight excluding hydrogens is 490 g/mol. The first-order valence-electron chi connectivity index (χ1n) is 14.1. The van der Waals surface area contributed by atoms with E-state index in [2.05, 4.69) is 43.2 Å². The Kier molecular flexibility index (Phi) is 6.58. The fourth-order valence-corrected chi connectivity index (χ4v) is 7.93. The first kappa shape index (κ1) is 25.8. The maximum Gasteiger partial charge on any atom is 0.307 e. The van der Waals surface area contributed by atoms with Gasteiger partial charge in [-0.2, -0.15) is 0 Å². The number of anilines is 1. The van der Waals surface area contributed by atoms with E-state index >= 15 is 0 Å². The molecule has 4 bridgehead atoms. The number of nitrogens with zero attached hydrogens (tertiary/aromatic N) is 1. The van der Waals surface area contributed by atoms with Gasteiger partial charge in [0.25, 0.3) is 5.91 Å². The third-order valence-electron chi connectivity index (χ3n) is 8.95. The zero-order chi connectivity index (χ0) is 27.3. The topological polar surface area (TPSA) is 104 Å². The standard InChI is InChI=1S/C32H37N3O4/c1-18-7-19(2)28(20(3)8-18)30-34-26(17-39-32-14-22-9-23(15-32)11-24(10-22)16-32)29(35-30)31(38)33-25-6-4-5-21(12-25)13-27(36)37/h4-8,12,22-24H,9-11,13-17H2,1-3H3,(H,33,38)(H,34,35)(H,36,37). The van der Waals surface area contributed by atoms with Crippen molar-refractivity contribution in [3.8, 4) is 11.4 Å². The molecule has 1 aromatic heterocycles. The number of ether oxygens (including phenoxy) is 1. The van der Waals surface area contributed by atoms with Crippen LogP contribution in [0.3, 0.4) is 0 Å². The van der Waals surface area contributed by atoms with Crippen molar-refractivity contribution < 1.29 is 19.4 Å². The minimum atomic E-state index is -0.914. The summed E-state index contributed by atoms with van der Waals surface area (Å²) in [7, 11) is 0. The highest BCUT2D eigenvalue weighted by Gasteiger charge is 2.51. The van der Waals surface area contributed by atoms with Gasteiger partial charge in [0.05, 0.1) is 24.3 Å². The number of rotatable bonds is 8. The van der Waals surface area contributed by atoms with Crippen LogP contribution < -0.4 is 5.32 Å². The van der Waals surface area contributed by atoms with Crippen LogP contribution in [-0.2, 0) is 22.6 Å². The van der Waals surface area contributed by atoms with Gasteiger partial charge in [0.15, 0.2) is 5.69 Å². The normalized spacial score (nSPS) is 25.2. The molecule has 0 atom stereocenters. The van der Waals surface area contributed by atoms with E-state index in [0.717, 1.165) is 53.7 Å². The number of aromatic nitrogens is 2. The minimum Gasteiger partial charge on any atom is -0.481 e. The van der Waals surface area contributed by atoms with E-state index in [4.69, 9.17) is 14.8 Å². The lowest BCUT2D eigenvalue weighted by Gasteiger charge is -2.56. The molecule has 4 saturated carbocycles. The number of H-pyrrole nitrogens is 1. The summed E-state index contributed by atoms with van der Waals surface area (Å²) in [6.45, 7) is 6.52. The van der Waals surface area contributed by atoms with Crippen LogP contribution in [0.4, 0.5) is 5.69 Å². The first-order chi connectivity index (χ1) is 18.7. The summed E-state index contributed by atoms with van der Waals surface area (Å²) in [4.78, 5) is 33.0. The van der Waals surface area contributed by atoms with E-state index in [1.54, 1.807) is 24.3 Å². The summed E-state index contributed by atoms with van der Waals surface area (Å²) in [6, 6.07) is 11.2. The Balaban J connectivity index is 1.30. The molecule has 39 heavy (non-hydrogen) atoms. The molecule has 2 aromatic carbocycles. The second kappa shape index (κ2) is 9.94. The maximum atomic E-state index is 13.6. The Labute approximate surface area is 229 Å². The quantitative estimate of drug-likeness (QED) is 0.316. The summed E-state index contributed by atoms with van der Waals surface area (Å²) in [5.74, 6) is 1.73. The molecule has 7 heteroatoms. The number of aromatic amines is 1. The molecule has 0 unspecified atom stereocenters. The van der Waals surface area contributed by atoms with Crippen LogP contribution in [0, 0.1) is 38.5 Å². The molecular formula is C32H37N3O4. The van der Waals surface area contributed by atoms with Crippen LogP contribution in [0.15, 0.2) is 36.4 Å². The third-order valence-corrected chi connectivity index (χ3v) is 8.95. The van der Waals surface area contributed by atoms with E-state index < -0.39 is 5.97 Å². The molecule has 0 radical (unpaired) electrons. The van der Waals surface area contributed by atoms with Gasteiger partial charge in [-0.15, -0.1) is 0 Å². The van der Waals surface area contributed by atoms with Crippen molar-refractivity contribution in [2.75, 3.05) is 5.32 Å².